The Hall–Kier alpha value is -2.88. The number of piperidine rings is 2. The summed E-state index contributed by atoms with van der Waals surface area (Å²) in [4.78, 5) is 44.5. The minimum atomic E-state index is -0.576. The Labute approximate surface area is 235 Å². The molecule has 0 spiro atoms. The molecule has 1 amide bonds. The molecular formula is C28H31Cl2FN4O4. The number of fused-ring (bicyclic) bond motifs is 1. The molecule has 0 saturated carbocycles. The fourth-order valence-corrected chi connectivity index (χ4v) is 6.21. The van der Waals surface area contributed by atoms with Gasteiger partial charge in [-0.3, -0.25) is 23.7 Å². The Bertz CT molecular complexity index is 1450. The molecule has 1 aromatic carbocycles. The Balaban J connectivity index is 1.26. The Morgan fingerprint density at radius 3 is 2.64 bits per heavy atom. The molecule has 0 aliphatic carbocycles. The maximum absolute atomic E-state index is 14.8. The molecule has 2 aliphatic heterocycles. The number of H-pyrrole nitrogens is 1. The van der Waals surface area contributed by atoms with E-state index in [-0.39, 0.29) is 45.1 Å². The number of likely N-dealkylation sites (tertiary alicyclic amines) is 2. The lowest BCUT2D eigenvalue weighted by Gasteiger charge is -2.41. The van der Waals surface area contributed by atoms with Crippen LogP contribution in [0.5, 0.6) is 0 Å². The number of ether oxygens (including phenoxy) is 1. The molecule has 4 heterocycles. The van der Waals surface area contributed by atoms with Gasteiger partial charge in [0.2, 0.25) is 0 Å². The van der Waals surface area contributed by atoms with Gasteiger partial charge in [0, 0.05) is 44.0 Å². The van der Waals surface area contributed by atoms with Gasteiger partial charge < -0.3 is 14.6 Å². The lowest BCUT2D eigenvalue weighted by molar-refractivity contribution is -0.150. The average molecular weight is 577 g/mol. The fraction of sp³-hybridized carbons (Fsp3) is 0.464. The zero-order chi connectivity index (χ0) is 27.7. The first-order valence-corrected chi connectivity index (χ1v) is 14.1. The van der Waals surface area contributed by atoms with Crippen molar-refractivity contribution in [2.45, 2.75) is 45.1 Å². The largest absolute Gasteiger partial charge is 0.466 e. The van der Waals surface area contributed by atoms with Crippen molar-refractivity contribution < 1.29 is 18.7 Å². The van der Waals surface area contributed by atoms with Crippen LogP contribution in [-0.4, -0.2) is 69.9 Å². The fourth-order valence-electron chi connectivity index (χ4n) is 5.77. The molecule has 2 aromatic heterocycles. The second-order valence-electron chi connectivity index (χ2n) is 10.2. The lowest BCUT2D eigenvalue weighted by Crippen LogP contribution is -2.50. The highest BCUT2D eigenvalue weighted by Crippen LogP contribution is 2.28. The normalized spacial score (nSPS) is 19.0. The van der Waals surface area contributed by atoms with Crippen molar-refractivity contribution in [3.63, 3.8) is 0 Å². The Kier molecular flexibility index (Phi) is 8.30. The van der Waals surface area contributed by atoms with Gasteiger partial charge in [0.25, 0.3) is 11.5 Å². The van der Waals surface area contributed by atoms with Crippen LogP contribution >= 0.6 is 23.2 Å². The van der Waals surface area contributed by atoms with Crippen LogP contribution in [0.1, 0.15) is 54.2 Å². The first kappa shape index (κ1) is 27.7. The molecule has 2 fully saturated rings. The second-order valence-corrected chi connectivity index (χ2v) is 11.0. The van der Waals surface area contributed by atoms with Crippen LogP contribution in [0.15, 0.2) is 35.3 Å². The van der Waals surface area contributed by atoms with E-state index in [0.29, 0.717) is 49.4 Å². The number of carbonyl (C=O) groups is 2. The third-order valence-electron chi connectivity index (χ3n) is 7.77. The number of hydrogen-bond acceptors (Lipinski definition) is 5. The number of benzene rings is 1. The number of nitrogens with one attached hydrogen (secondary N) is 1. The van der Waals surface area contributed by atoms with Crippen molar-refractivity contribution in [1.82, 2.24) is 19.2 Å². The van der Waals surface area contributed by atoms with E-state index in [4.69, 9.17) is 27.9 Å². The molecule has 11 heteroatoms. The van der Waals surface area contributed by atoms with Gasteiger partial charge >= 0.3 is 5.97 Å². The third kappa shape index (κ3) is 5.71. The van der Waals surface area contributed by atoms with Gasteiger partial charge in [0.05, 0.1) is 23.1 Å². The number of rotatable bonds is 6. The van der Waals surface area contributed by atoms with E-state index in [1.807, 2.05) is 6.92 Å². The number of esters is 1. The molecule has 1 atom stereocenters. The molecule has 8 nitrogen and oxygen atoms in total. The smallest absolute Gasteiger partial charge is 0.310 e. The molecule has 0 radical (unpaired) electrons. The molecule has 1 unspecified atom stereocenters. The molecule has 2 saturated heterocycles. The summed E-state index contributed by atoms with van der Waals surface area (Å²) < 4.78 is 21.6. The summed E-state index contributed by atoms with van der Waals surface area (Å²) in [6.07, 6.45) is 5.17. The van der Waals surface area contributed by atoms with E-state index in [1.165, 1.54) is 12.1 Å². The summed E-state index contributed by atoms with van der Waals surface area (Å²) in [5, 5.41) is 0.477. The van der Waals surface area contributed by atoms with Crippen LogP contribution in [0, 0.1) is 11.7 Å². The highest BCUT2D eigenvalue weighted by molar-refractivity contribution is 6.42. The van der Waals surface area contributed by atoms with Gasteiger partial charge in [-0.15, -0.1) is 0 Å². The predicted molar refractivity (Wildman–Crippen MR) is 147 cm³/mol. The summed E-state index contributed by atoms with van der Waals surface area (Å²) in [6.45, 7) is 4.86. The average Bonchev–Trinajstić information content (AvgIpc) is 3.26. The lowest BCUT2D eigenvalue weighted by atomic mass is 9.93. The molecule has 39 heavy (non-hydrogen) atoms. The van der Waals surface area contributed by atoms with Gasteiger partial charge in [-0.1, -0.05) is 29.3 Å². The minimum Gasteiger partial charge on any atom is -0.466 e. The summed E-state index contributed by atoms with van der Waals surface area (Å²) in [6, 6.07) is 6.25. The molecule has 3 aromatic rings. The quantitative estimate of drug-likeness (QED) is 0.435. The van der Waals surface area contributed by atoms with Crippen LogP contribution in [0.4, 0.5) is 4.39 Å². The summed E-state index contributed by atoms with van der Waals surface area (Å²) >= 11 is 12.5. The van der Waals surface area contributed by atoms with E-state index in [9.17, 15) is 18.8 Å². The Morgan fingerprint density at radius 2 is 1.90 bits per heavy atom. The SMILES string of the molecule is CCOC(=O)C1CCCN(C2CCN(C(=O)c3cc(Cc4c[nH]c(=O)c5cc(Cl)c(Cl)n45)ccc3F)CC2)C1. The number of aromatic nitrogens is 2. The van der Waals surface area contributed by atoms with E-state index in [2.05, 4.69) is 9.88 Å². The zero-order valence-corrected chi connectivity index (χ0v) is 23.2. The van der Waals surface area contributed by atoms with Crippen LogP contribution in [0.25, 0.3) is 5.52 Å². The number of halogens is 3. The van der Waals surface area contributed by atoms with Crippen molar-refractivity contribution in [2.24, 2.45) is 5.92 Å². The zero-order valence-electron chi connectivity index (χ0n) is 21.7. The van der Waals surface area contributed by atoms with E-state index >= 15 is 0 Å². The number of amides is 1. The van der Waals surface area contributed by atoms with Crippen LogP contribution in [-0.2, 0) is 16.0 Å². The summed E-state index contributed by atoms with van der Waals surface area (Å²) in [5.74, 6) is -1.15. The standard InChI is InChI=1S/C28H31Cl2FN4O4/c1-2-39-28(38)18-4-3-9-34(16-18)19-7-10-33(11-8-19)27(37)21-13-17(5-6-23(21)31)12-20-15-32-26(36)24-14-22(29)25(30)35(20)24/h5-6,13-15,18-19H,2-4,7-12,16H2,1H3,(H,32,36). The minimum absolute atomic E-state index is 0.0172. The number of nitrogens with zero attached hydrogens (tertiary/aromatic N) is 3. The molecule has 0 bridgehead atoms. The first-order valence-electron chi connectivity index (χ1n) is 13.3. The van der Waals surface area contributed by atoms with E-state index in [1.54, 1.807) is 27.6 Å². The third-order valence-corrected chi connectivity index (χ3v) is 8.53. The van der Waals surface area contributed by atoms with Crippen molar-refractivity contribution in [3.8, 4) is 0 Å². The van der Waals surface area contributed by atoms with Gasteiger partial charge in [0.1, 0.15) is 16.5 Å². The van der Waals surface area contributed by atoms with E-state index < -0.39 is 5.82 Å². The van der Waals surface area contributed by atoms with Gasteiger partial charge in [-0.25, -0.2) is 4.39 Å². The molecule has 1 N–H and O–H groups in total. The highest BCUT2D eigenvalue weighted by atomic mass is 35.5. The predicted octanol–water partition coefficient (Wildman–Crippen LogP) is 4.54. The molecule has 208 valence electrons. The highest BCUT2D eigenvalue weighted by Gasteiger charge is 2.33. The van der Waals surface area contributed by atoms with Gasteiger partial charge in [-0.05, 0) is 62.9 Å². The van der Waals surface area contributed by atoms with Crippen LogP contribution in [0.3, 0.4) is 0 Å². The molecule has 5 rings (SSSR count). The number of hydrogen-bond donors (Lipinski definition) is 1. The van der Waals surface area contributed by atoms with E-state index in [0.717, 1.165) is 32.2 Å². The van der Waals surface area contributed by atoms with Crippen LogP contribution in [0.2, 0.25) is 10.2 Å². The topological polar surface area (TPSA) is 87.1 Å². The van der Waals surface area contributed by atoms with Crippen molar-refractivity contribution in [3.05, 3.63) is 73.6 Å². The second kappa shape index (κ2) is 11.7. The monoisotopic (exact) mass is 576 g/mol. The maximum atomic E-state index is 14.8. The summed E-state index contributed by atoms with van der Waals surface area (Å²) in [7, 11) is 0. The number of aromatic amines is 1. The molecule has 2 aliphatic rings. The van der Waals surface area contributed by atoms with Crippen molar-refractivity contribution in [1.29, 1.82) is 0 Å². The van der Waals surface area contributed by atoms with Gasteiger partial charge in [-0.2, -0.15) is 0 Å². The summed E-state index contributed by atoms with van der Waals surface area (Å²) in [5.41, 5.74) is 1.35. The van der Waals surface area contributed by atoms with Crippen molar-refractivity contribution >= 4 is 40.6 Å². The van der Waals surface area contributed by atoms with Crippen molar-refractivity contribution in [2.75, 3.05) is 32.8 Å². The number of carbonyl (C=O) groups excluding carboxylic acids is 2. The maximum Gasteiger partial charge on any atom is 0.310 e. The Morgan fingerprint density at radius 1 is 1.13 bits per heavy atom. The first-order chi connectivity index (χ1) is 18.8. The van der Waals surface area contributed by atoms with Gasteiger partial charge in [0.15, 0.2) is 0 Å². The van der Waals surface area contributed by atoms with Crippen LogP contribution < -0.4 is 5.56 Å². The molecular weight excluding hydrogens is 546 g/mol.